The molecule has 0 aromatic carbocycles. The Morgan fingerprint density at radius 1 is 1.41 bits per heavy atom. The highest BCUT2D eigenvalue weighted by Gasteiger charge is 2.41. The van der Waals surface area contributed by atoms with Gasteiger partial charge in [0.1, 0.15) is 0 Å². The van der Waals surface area contributed by atoms with Crippen LogP contribution < -0.4 is 5.32 Å². The second kappa shape index (κ2) is 6.33. The van der Waals surface area contributed by atoms with E-state index in [1.807, 2.05) is 13.8 Å². The fraction of sp³-hybridized carbons (Fsp3) is 0.917. The molecule has 1 fully saturated rings. The van der Waals surface area contributed by atoms with Crippen LogP contribution in [0.15, 0.2) is 0 Å². The molecular formula is C12H24N2O3. The molecule has 100 valence electrons. The number of hydrogen-bond acceptors (Lipinski definition) is 4. The highest BCUT2D eigenvalue weighted by atomic mass is 16.3. The van der Waals surface area contributed by atoms with Crippen LogP contribution >= 0.6 is 0 Å². The Hall–Kier alpha value is -0.650. The van der Waals surface area contributed by atoms with Gasteiger partial charge < -0.3 is 20.4 Å². The minimum absolute atomic E-state index is 0.00282. The van der Waals surface area contributed by atoms with Crippen molar-refractivity contribution in [2.45, 2.75) is 44.7 Å². The number of nitrogens with zero attached hydrogens (tertiary/aromatic N) is 1. The lowest BCUT2D eigenvalue weighted by atomic mass is 9.91. The lowest BCUT2D eigenvalue weighted by Crippen LogP contribution is -2.63. The van der Waals surface area contributed by atoms with Crippen molar-refractivity contribution in [2.75, 3.05) is 26.3 Å². The van der Waals surface area contributed by atoms with Crippen LogP contribution in [-0.2, 0) is 4.79 Å². The molecule has 1 unspecified atom stereocenters. The molecule has 1 heterocycles. The zero-order chi connectivity index (χ0) is 12.9. The number of carbonyl (C=O) groups is 1. The quantitative estimate of drug-likeness (QED) is 0.601. The van der Waals surface area contributed by atoms with Crippen LogP contribution in [0.5, 0.6) is 0 Å². The Labute approximate surface area is 103 Å². The molecule has 1 rings (SSSR count). The van der Waals surface area contributed by atoms with E-state index in [1.165, 1.54) is 0 Å². The van der Waals surface area contributed by atoms with Crippen molar-refractivity contribution < 1.29 is 15.0 Å². The van der Waals surface area contributed by atoms with Crippen molar-refractivity contribution in [3.8, 4) is 0 Å². The first-order chi connectivity index (χ1) is 8.15. The molecule has 5 nitrogen and oxygen atoms in total. The summed E-state index contributed by atoms with van der Waals surface area (Å²) in [6.45, 7) is 4.85. The van der Waals surface area contributed by atoms with Crippen molar-refractivity contribution in [2.24, 2.45) is 0 Å². The van der Waals surface area contributed by atoms with E-state index in [9.17, 15) is 15.0 Å². The summed E-state index contributed by atoms with van der Waals surface area (Å²) in [5.74, 6) is 0.00282. The average Bonchev–Trinajstić information content (AvgIpc) is 2.36. The second-order valence-corrected chi connectivity index (χ2v) is 4.64. The Morgan fingerprint density at radius 2 is 2.06 bits per heavy atom. The molecule has 1 amide bonds. The number of likely N-dealkylation sites (N-methyl/N-ethyl adjacent to an activating group) is 1. The fourth-order valence-electron chi connectivity index (χ4n) is 2.42. The second-order valence-electron chi connectivity index (χ2n) is 4.64. The van der Waals surface area contributed by atoms with Crippen molar-refractivity contribution in [3.63, 3.8) is 0 Å². The van der Waals surface area contributed by atoms with Crippen LogP contribution in [0.1, 0.15) is 33.1 Å². The number of amides is 1. The highest BCUT2D eigenvalue weighted by molar-refractivity contribution is 5.83. The molecule has 17 heavy (non-hydrogen) atoms. The minimum atomic E-state index is -0.800. The molecule has 0 aliphatic carbocycles. The predicted molar refractivity (Wildman–Crippen MR) is 65.6 cm³/mol. The third-order valence-corrected chi connectivity index (χ3v) is 3.71. The number of aliphatic hydroxyl groups excluding tert-OH is 2. The van der Waals surface area contributed by atoms with Gasteiger partial charge >= 0.3 is 0 Å². The van der Waals surface area contributed by atoms with Crippen LogP contribution in [0, 0.1) is 0 Å². The maximum atomic E-state index is 12.3. The van der Waals surface area contributed by atoms with Crippen molar-refractivity contribution in [3.05, 3.63) is 0 Å². The molecule has 0 saturated carbocycles. The van der Waals surface area contributed by atoms with Gasteiger partial charge in [-0.3, -0.25) is 4.79 Å². The van der Waals surface area contributed by atoms with E-state index in [0.29, 0.717) is 13.0 Å². The minimum Gasteiger partial charge on any atom is -0.394 e. The topological polar surface area (TPSA) is 72.8 Å². The Morgan fingerprint density at radius 3 is 2.53 bits per heavy atom. The largest absolute Gasteiger partial charge is 0.394 e. The lowest BCUT2D eigenvalue weighted by Gasteiger charge is -2.45. The highest BCUT2D eigenvalue weighted by Crippen LogP contribution is 2.25. The number of aliphatic hydroxyl groups is 2. The molecular weight excluding hydrogens is 220 g/mol. The lowest BCUT2D eigenvalue weighted by molar-refractivity contribution is -0.148. The summed E-state index contributed by atoms with van der Waals surface area (Å²) in [6.07, 6.45) is 2.30. The Bertz CT molecular complexity index is 244. The van der Waals surface area contributed by atoms with Crippen molar-refractivity contribution in [1.82, 2.24) is 10.2 Å². The van der Waals surface area contributed by atoms with Crippen LogP contribution in [-0.4, -0.2) is 58.9 Å². The van der Waals surface area contributed by atoms with Gasteiger partial charge in [-0.1, -0.05) is 13.8 Å². The summed E-state index contributed by atoms with van der Waals surface area (Å²) < 4.78 is 0. The molecule has 1 atom stereocenters. The van der Waals surface area contributed by atoms with Crippen LogP contribution in [0.4, 0.5) is 0 Å². The monoisotopic (exact) mass is 244 g/mol. The summed E-state index contributed by atoms with van der Waals surface area (Å²) in [6, 6.07) is -0.169. The van der Waals surface area contributed by atoms with E-state index < -0.39 is 5.54 Å². The van der Waals surface area contributed by atoms with Gasteiger partial charge in [-0.05, 0) is 25.8 Å². The number of piperidine rings is 1. The van der Waals surface area contributed by atoms with Gasteiger partial charge in [0.2, 0.25) is 5.91 Å². The first-order valence-corrected chi connectivity index (χ1v) is 6.41. The third-order valence-electron chi connectivity index (χ3n) is 3.71. The normalized spacial score (nSPS) is 22.0. The summed E-state index contributed by atoms with van der Waals surface area (Å²) >= 11 is 0. The molecule has 5 heteroatoms. The molecule has 0 aromatic heterocycles. The number of nitrogens with one attached hydrogen (secondary N) is 1. The van der Waals surface area contributed by atoms with E-state index >= 15 is 0 Å². The van der Waals surface area contributed by atoms with E-state index in [0.717, 1.165) is 19.4 Å². The van der Waals surface area contributed by atoms with E-state index in [1.54, 1.807) is 4.90 Å². The molecule has 1 aliphatic heterocycles. The molecule has 0 radical (unpaired) electrons. The van der Waals surface area contributed by atoms with Gasteiger partial charge in [-0.2, -0.15) is 0 Å². The van der Waals surface area contributed by atoms with E-state index in [4.69, 9.17) is 0 Å². The Balaban J connectivity index is 2.84. The van der Waals surface area contributed by atoms with Gasteiger partial charge in [0.05, 0.1) is 24.8 Å². The molecule has 1 aliphatic rings. The number of rotatable bonds is 6. The van der Waals surface area contributed by atoms with E-state index in [-0.39, 0.29) is 25.2 Å². The van der Waals surface area contributed by atoms with Crippen LogP contribution in [0.2, 0.25) is 0 Å². The van der Waals surface area contributed by atoms with E-state index in [2.05, 4.69) is 5.32 Å². The Kier molecular flexibility index (Phi) is 5.36. The summed E-state index contributed by atoms with van der Waals surface area (Å²) in [5.41, 5.74) is -0.800. The molecule has 1 saturated heterocycles. The third kappa shape index (κ3) is 2.78. The zero-order valence-corrected chi connectivity index (χ0v) is 10.8. The van der Waals surface area contributed by atoms with Crippen molar-refractivity contribution in [1.29, 1.82) is 0 Å². The molecule has 0 spiro atoms. The smallest absolute Gasteiger partial charge is 0.240 e. The summed E-state index contributed by atoms with van der Waals surface area (Å²) in [5, 5.41) is 22.1. The van der Waals surface area contributed by atoms with Gasteiger partial charge in [0.15, 0.2) is 0 Å². The van der Waals surface area contributed by atoms with Gasteiger partial charge in [-0.15, -0.1) is 0 Å². The SMILES string of the molecule is CCNC1CCCN(C(CC)(CO)CO)C1=O. The van der Waals surface area contributed by atoms with Gasteiger partial charge in [0.25, 0.3) is 0 Å². The summed E-state index contributed by atoms with van der Waals surface area (Å²) in [4.78, 5) is 13.9. The van der Waals surface area contributed by atoms with Crippen molar-refractivity contribution >= 4 is 5.91 Å². The number of hydrogen-bond donors (Lipinski definition) is 3. The number of carbonyl (C=O) groups excluding carboxylic acids is 1. The zero-order valence-electron chi connectivity index (χ0n) is 10.8. The summed E-state index contributed by atoms with van der Waals surface area (Å²) in [7, 11) is 0. The maximum Gasteiger partial charge on any atom is 0.240 e. The molecule has 0 aromatic rings. The first kappa shape index (κ1) is 14.4. The number of likely N-dealkylation sites (tertiary alicyclic amines) is 1. The first-order valence-electron chi connectivity index (χ1n) is 6.41. The van der Waals surface area contributed by atoms with Crippen LogP contribution in [0.3, 0.4) is 0 Å². The van der Waals surface area contributed by atoms with Gasteiger partial charge in [-0.25, -0.2) is 0 Å². The fourth-order valence-corrected chi connectivity index (χ4v) is 2.42. The van der Waals surface area contributed by atoms with Crippen LogP contribution in [0.25, 0.3) is 0 Å². The standard InChI is InChI=1S/C12H24N2O3/c1-3-12(8-15,9-16)14-7-5-6-10(11(14)17)13-4-2/h10,13,15-16H,3-9H2,1-2H3. The molecule has 0 bridgehead atoms. The van der Waals surface area contributed by atoms with Gasteiger partial charge in [0, 0.05) is 6.54 Å². The predicted octanol–water partition coefficient (Wildman–Crippen LogP) is -0.280. The molecule has 3 N–H and O–H groups in total. The average molecular weight is 244 g/mol. The maximum absolute atomic E-state index is 12.3.